The normalized spacial score (nSPS) is 21.9. The van der Waals surface area contributed by atoms with Crippen molar-refractivity contribution in [3.63, 3.8) is 0 Å². The number of nitrogens with zero attached hydrogens (tertiary/aromatic N) is 1. The van der Waals surface area contributed by atoms with Gasteiger partial charge in [-0.3, -0.25) is 9.59 Å². The number of thioether (sulfide) groups is 1. The van der Waals surface area contributed by atoms with Gasteiger partial charge in [0.05, 0.1) is 17.6 Å². The number of fused-ring (bicyclic) bond motifs is 1. The van der Waals surface area contributed by atoms with Gasteiger partial charge >= 0.3 is 0 Å². The second kappa shape index (κ2) is 7.64. The van der Waals surface area contributed by atoms with Gasteiger partial charge in [-0.1, -0.05) is 12.1 Å². The molecule has 2 unspecified atom stereocenters. The summed E-state index contributed by atoms with van der Waals surface area (Å²) in [4.78, 5) is 27.9. The van der Waals surface area contributed by atoms with E-state index >= 15 is 0 Å². The Labute approximate surface area is 169 Å². The number of benzene rings is 2. The van der Waals surface area contributed by atoms with E-state index in [1.165, 1.54) is 12.1 Å². The molecule has 1 saturated heterocycles. The van der Waals surface area contributed by atoms with E-state index in [1.54, 1.807) is 22.7 Å². The van der Waals surface area contributed by atoms with Crippen LogP contribution in [0.1, 0.15) is 24.4 Å². The van der Waals surface area contributed by atoms with Crippen molar-refractivity contribution in [3.05, 3.63) is 58.3 Å². The number of amides is 2. The summed E-state index contributed by atoms with van der Waals surface area (Å²) in [5.41, 5.74) is 1.60. The Hall–Kier alpha value is -1.86. The molecule has 0 aromatic heterocycles. The van der Waals surface area contributed by atoms with Gasteiger partial charge in [0, 0.05) is 28.1 Å². The van der Waals surface area contributed by atoms with Crippen molar-refractivity contribution in [1.29, 1.82) is 0 Å². The van der Waals surface area contributed by atoms with Gasteiger partial charge in [-0.15, -0.1) is 11.8 Å². The van der Waals surface area contributed by atoms with Gasteiger partial charge in [0.15, 0.2) is 0 Å². The zero-order valence-corrected chi connectivity index (χ0v) is 16.9. The highest BCUT2D eigenvalue weighted by molar-refractivity contribution is 9.10. The van der Waals surface area contributed by atoms with Crippen LogP contribution in [0.3, 0.4) is 0 Å². The average Bonchev–Trinajstić information content (AvgIpc) is 3.04. The maximum Gasteiger partial charge on any atom is 0.227 e. The summed E-state index contributed by atoms with van der Waals surface area (Å²) in [6.45, 7) is 0.352. The quantitative estimate of drug-likeness (QED) is 0.761. The summed E-state index contributed by atoms with van der Waals surface area (Å²) in [5, 5.41) is 3.04. The van der Waals surface area contributed by atoms with E-state index in [9.17, 15) is 14.0 Å². The molecule has 4 nitrogen and oxygen atoms in total. The van der Waals surface area contributed by atoms with Crippen molar-refractivity contribution in [3.8, 4) is 0 Å². The number of anilines is 1. The van der Waals surface area contributed by atoms with E-state index in [0.29, 0.717) is 6.54 Å². The van der Waals surface area contributed by atoms with Gasteiger partial charge < -0.3 is 10.2 Å². The number of rotatable bonds is 3. The summed E-state index contributed by atoms with van der Waals surface area (Å²) in [6, 6.07) is 12.0. The average molecular weight is 449 g/mol. The fraction of sp³-hybridized carbons (Fsp3) is 0.300. The fourth-order valence-corrected chi connectivity index (χ4v) is 5.20. The Balaban J connectivity index is 1.48. The number of nitrogens with one attached hydrogen (secondary N) is 1. The topological polar surface area (TPSA) is 49.4 Å². The number of hydrogen-bond donors (Lipinski definition) is 1. The molecule has 27 heavy (non-hydrogen) atoms. The molecule has 0 spiro atoms. The van der Waals surface area contributed by atoms with E-state index < -0.39 is 5.92 Å². The Kier molecular flexibility index (Phi) is 5.23. The summed E-state index contributed by atoms with van der Waals surface area (Å²) < 4.78 is 14.5. The molecule has 2 aromatic rings. The SMILES string of the molecule is O=C(NC1CCSc2ccc(F)cc21)C1CC(=O)N(c2ccccc2Br)C1. The molecule has 0 bridgehead atoms. The van der Waals surface area contributed by atoms with Crippen LogP contribution in [-0.2, 0) is 9.59 Å². The van der Waals surface area contributed by atoms with Gasteiger partial charge in [-0.05, 0) is 58.2 Å². The third kappa shape index (κ3) is 3.75. The molecule has 2 amide bonds. The smallest absolute Gasteiger partial charge is 0.227 e. The van der Waals surface area contributed by atoms with E-state index in [0.717, 1.165) is 32.8 Å². The highest BCUT2D eigenvalue weighted by Gasteiger charge is 2.37. The minimum absolute atomic E-state index is 0.0623. The van der Waals surface area contributed by atoms with Crippen LogP contribution >= 0.6 is 27.7 Å². The van der Waals surface area contributed by atoms with Crippen LogP contribution in [0, 0.1) is 11.7 Å². The van der Waals surface area contributed by atoms with Gasteiger partial charge in [-0.2, -0.15) is 0 Å². The Morgan fingerprint density at radius 2 is 2.07 bits per heavy atom. The lowest BCUT2D eigenvalue weighted by atomic mass is 10.0. The lowest BCUT2D eigenvalue weighted by molar-refractivity contribution is -0.127. The largest absolute Gasteiger partial charge is 0.349 e. The van der Waals surface area contributed by atoms with Crippen LogP contribution < -0.4 is 10.2 Å². The van der Waals surface area contributed by atoms with Crippen molar-refractivity contribution in [2.75, 3.05) is 17.2 Å². The molecule has 0 saturated carbocycles. The highest BCUT2D eigenvalue weighted by Crippen LogP contribution is 2.37. The molecule has 1 N–H and O–H groups in total. The molecule has 0 aliphatic carbocycles. The second-order valence-electron chi connectivity index (χ2n) is 6.74. The first-order chi connectivity index (χ1) is 13.0. The Morgan fingerprint density at radius 1 is 1.26 bits per heavy atom. The molecule has 2 aliphatic rings. The number of para-hydroxylation sites is 1. The molecule has 1 fully saturated rings. The van der Waals surface area contributed by atoms with Crippen molar-refractivity contribution in [2.45, 2.75) is 23.8 Å². The first-order valence-corrected chi connectivity index (χ1v) is 10.6. The Bertz CT molecular complexity index is 907. The molecule has 4 rings (SSSR count). The standard InChI is InChI=1S/C20H18BrFN2O2S/c21-15-3-1-2-4-17(15)24-11-12(9-19(24)25)20(26)23-16-7-8-27-18-6-5-13(22)10-14(16)18/h1-6,10,12,16H,7-9,11H2,(H,23,26). The van der Waals surface area contributed by atoms with Gasteiger partial charge in [-0.25, -0.2) is 4.39 Å². The predicted octanol–water partition coefficient (Wildman–Crippen LogP) is 4.29. The zero-order valence-electron chi connectivity index (χ0n) is 14.5. The van der Waals surface area contributed by atoms with Crippen LogP contribution in [0.2, 0.25) is 0 Å². The van der Waals surface area contributed by atoms with Crippen molar-refractivity contribution >= 4 is 45.2 Å². The maximum atomic E-state index is 13.7. The molecule has 2 heterocycles. The van der Waals surface area contributed by atoms with Gasteiger partial charge in [0.1, 0.15) is 5.82 Å². The zero-order chi connectivity index (χ0) is 19.0. The monoisotopic (exact) mass is 448 g/mol. The second-order valence-corrected chi connectivity index (χ2v) is 8.73. The van der Waals surface area contributed by atoms with Crippen molar-refractivity contribution in [1.82, 2.24) is 5.32 Å². The molecule has 2 atom stereocenters. The number of hydrogen-bond acceptors (Lipinski definition) is 3. The predicted molar refractivity (Wildman–Crippen MR) is 107 cm³/mol. The number of halogens is 2. The molecule has 2 aliphatic heterocycles. The van der Waals surface area contributed by atoms with Crippen LogP contribution in [0.15, 0.2) is 51.8 Å². The summed E-state index contributed by atoms with van der Waals surface area (Å²) in [6.07, 6.45) is 0.937. The van der Waals surface area contributed by atoms with Crippen molar-refractivity contribution < 1.29 is 14.0 Å². The minimum Gasteiger partial charge on any atom is -0.349 e. The molecular weight excluding hydrogens is 431 g/mol. The Morgan fingerprint density at radius 3 is 2.89 bits per heavy atom. The lowest BCUT2D eigenvalue weighted by Gasteiger charge is -2.27. The summed E-state index contributed by atoms with van der Waals surface area (Å²) in [5.74, 6) is -0.0449. The van der Waals surface area contributed by atoms with E-state index in [-0.39, 0.29) is 30.1 Å². The molecular formula is C20H18BrFN2O2S. The maximum absolute atomic E-state index is 13.7. The first-order valence-electron chi connectivity index (χ1n) is 8.80. The van der Waals surface area contributed by atoms with Crippen LogP contribution in [-0.4, -0.2) is 24.1 Å². The number of carbonyl (C=O) groups is 2. The van der Waals surface area contributed by atoms with Gasteiger partial charge in [0.25, 0.3) is 0 Å². The summed E-state index contributed by atoms with van der Waals surface area (Å²) >= 11 is 5.14. The molecule has 2 aromatic carbocycles. The fourth-order valence-electron chi connectivity index (χ4n) is 3.59. The third-order valence-electron chi connectivity index (χ3n) is 4.97. The van der Waals surface area contributed by atoms with Crippen molar-refractivity contribution in [2.24, 2.45) is 5.92 Å². The van der Waals surface area contributed by atoms with Crippen LogP contribution in [0.4, 0.5) is 10.1 Å². The van der Waals surface area contributed by atoms with Crippen LogP contribution in [0.25, 0.3) is 0 Å². The van der Waals surface area contributed by atoms with Crippen LogP contribution in [0.5, 0.6) is 0 Å². The third-order valence-corrected chi connectivity index (χ3v) is 6.76. The van der Waals surface area contributed by atoms with E-state index in [2.05, 4.69) is 21.2 Å². The highest BCUT2D eigenvalue weighted by atomic mass is 79.9. The molecule has 0 radical (unpaired) electrons. The van der Waals surface area contributed by atoms with E-state index in [1.807, 2.05) is 24.3 Å². The van der Waals surface area contributed by atoms with Gasteiger partial charge in [0.2, 0.25) is 11.8 Å². The lowest BCUT2D eigenvalue weighted by Crippen LogP contribution is -2.36. The number of carbonyl (C=O) groups excluding carboxylic acids is 2. The molecule has 140 valence electrons. The molecule has 7 heteroatoms. The van der Waals surface area contributed by atoms with E-state index in [4.69, 9.17) is 0 Å². The minimum atomic E-state index is -0.406. The summed E-state index contributed by atoms with van der Waals surface area (Å²) in [7, 11) is 0. The first kappa shape index (κ1) is 18.5.